The quantitative estimate of drug-likeness (QED) is 0.733. The highest BCUT2D eigenvalue weighted by molar-refractivity contribution is 6.05. The minimum Gasteiger partial charge on any atom is -0.406 e. The average Bonchev–Trinajstić information content (AvgIpc) is 2.61. The van der Waals surface area contributed by atoms with Crippen molar-refractivity contribution < 1.29 is 27.5 Å². The Morgan fingerprint density at radius 1 is 1.00 bits per heavy atom. The van der Waals surface area contributed by atoms with Crippen molar-refractivity contribution in [2.75, 3.05) is 0 Å². The number of carbonyl (C=O) groups is 2. The van der Waals surface area contributed by atoms with Crippen LogP contribution in [0.15, 0.2) is 60.3 Å². The second-order valence-corrected chi connectivity index (χ2v) is 6.12. The Kier molecular flexibility index (Phi) is 6.81. The molecule has 0 spiro atoms. The average molecular weight is 392 g/mol. The van der Waals surface area contributed by atoms with Crippen LogP contribution in [0.25, 0.3) is 6.08 Å². The maximum atomic E-state index is 12.4. The van der Waals surface area contributed by atoms with Gasteiger partial charge in [-0.15, -0.1) is 13.2 Å². The maximum Gasteiger partial charge on any atom is 0.573 e. The van der Waals surface area contributed by atoms with E-state index < -0.39 is 18.2 Å². The first-order chi connectivity index (χ1) is 13.1. The van der Waals surface area contributed by atoms with Crippen LogP contribution in [0.1, 0.15) is 29.8 Å². The van der Waals surface area contributed by atoms with Gasteiger partial charge in [0.25, 0.3) is 11.8 Å². The van der Waals surface area contributed by atoms with E-state index in [1.807, 2.05) is 0 Å². The van der Waals surface area contributed by atoms with Crippen molar-refractivity contribution in [1.82, 2.24) is 10.6 Å². The molecule has 0 unspecified atom stereocenters. The largest absolute Gasteiger partial charge is 0.573 e. The fraction of sp³-hybridized carbons (Fsp3) is 0.200. The van der Waals surface area contributed by atoms with E-state index in [-0.39, 0.29) is 17.5 Å². The van der Waals surface area contributed by atoms with Gasteiger partial charge in [-0.05, 0) is 49.8 Å². The number of nitrogens with one attached hydrogen (secondary N) is 2. The molecular formula is C20H19F3N2O3. The van der Waals surface area contributed by atoms with Gasteiger partial charge in [-0.2, -0.15) is 0 Å². The summed E-state index contributed by atoms with van der Waals surface area (Å²) in [5.41, 5.74) is 0.739. The van der Waals surface area contributed by atoms with Gasteiger partial charge in [0.2, 0.25) is 0 Å². The van der Waals surface area contributed by atoms with Crippen molar-refractivity contribution in [2.45, 2.75) is 26.3 Å². The molecule has 0 aliphatic carbocycles. The van der Waals surface area contributed by atoms with Crippen molar-refractivity contribution in [1.29, 1.82) is 0 Å². The van der Waals surface area contributed by atoms with Crippen LogP contribution in [0.4, 0.5) is 13.2 Å². The molecule has 148 valence electrons. The number of hydrogen-bond acceptors (Lipinski definition) is 3. The number of rotatable bonds is 6. The molecule has 2 aromatic rings. The van der Waals surface area contributed by atoms with E-state index in [2.05, 4.69) is 15.4 Å². The summed E-state index contributed by atoms with van der Waals surface area (Å²) >= 11 is 0. The van der Waals surface area contributed by atoms with Gasteiger partial charge in [-0.25, -0.2) is 0 Å². The highest BCUT2D eigenvalue weighted by Crippen LogP contribution is 2.23. The topological polar surface area (TPSA) is 67.4 Å². The summed E-state index contributed by atoms with van der Waals surface area (Å²) in [4.78, 5) is 24.8. The van der Waals surface area contributed by atoms with Crippen LogP contribution in [0.5, 0.6) is 5.75 Å². The van der Waals surface area contributed by atoms with Crippen molar-refractivity contribution in [3.63, 3.8) is 0 Å². The molecule has 0 saturated heterocycles. The van der Waals surface area contributed by atoms with Gasteiger partial charge < -0.3 is 15.4 Å². The van der Waals surface area contributed by atoms with Gasteiger partial charge in [0.15, 0.2) is 0 Å². The molecule has 0 aliphatic heterocycles. The third-order valence-electron chi connectivity index (χ3n) is 3.37. The van der Waals surface area contributed by atoms with Gasteiger partial charge >= 0.3 is 6.36 Å². The van der Waals surface area contributed by atoms with Gasteiger partial charge in [0.1, 0.15) is 11.4 Å². The fourth-order valence-corrected chi connectivity index (χ4v) is 2.21. The first kappa shape index (κ1) is 21.0. The van der Waals surface area contributed by atoms with E-state index in [0.717, 1.165) is 12.1 Å². The van der Waals surface area contributed by atoms with E-state index in [9.17, 15) is 22.8 Å². The molecule has 28 heavy (non-hydrogen) atoms. The van der Waals surface area contributed by atoms with Gasteiger partial charge in [-0.3, -0.25) is 9.59 Å². The highest BCUT2D eigenvalue weighted by Gasteiger charge is 2.30. The second kappa shape index (κ2) is 9.07. The van der Waals surface area contributed by atoms with E-state index in [1.54, 1.807) is 44.2 Å². The lowest BCUT2D eigenvalue weighted by atomic mass is 10.1. The summed E-state index contributed by atoms with van der Waals surface area (Å²) in [7, 11) is 0. The Morgan fingerprint density at radius 3 is 2.14 bits per heavy atom. The summed E-state index contributed by atoms with van der Waals surface area (Å²) in [5.74, 6) is -1.39. The van der Waals surface area contributed by atoms with Crippen LogP contribution in [-0.4, -0.2) is 24.2 Å². The normalized spacial score (nSPS) is 11.9. The third kappa shape index (κ3) is 6.79. The Bertz CT molecular complexity index is 845. The number of ether oxygens (including phenoxy) is 1. The molecule has 0 saturated carbocycles. The van der Waals surface area contributed by atoms with Crippen LogP contribution in [0, 0.1) is 0 Å². The summed E-state index contributed by atoms with van der Waals surface area (Å²) in [5, 5.41) is 5.21. The molecule has 0 aliphatic rings. The first-order valence-corrected chi connectivity index (χ1v) is 8.39. The Balaban J connectivity index is 2.25. The zero-order chi connectivity index (χ0) is 20.7. The lowest BCUT2D eigenvalue weighted by Gasteiger charge is -2.13. The maximum absolute atomic E-state index is 12.4. The number of carbonyl (C=O) groups excluding carboxylic acids is 2. The zero-order valence-corrected chi connectivity index (χ0v) is 15.2. The second-order valence-electron chi connectivity index (χ2n) is 6.12. The minimum atomic E-state index is -4.79. The SMILES string of the molecule is CC(C)NC(=O)C(=Cc1ccc(OC(F)(F)F)cc1)NC(=O)c1ccccc1. The smallest absolute Gasteiger partial charge is 0.406 e. The third-order valence-corrected chi connectivity index (χ3v) is 3.37. The monoisotopic (exact) mass is 392 g/mol. The number of hydrogen-bond donors (Lipinski definition) is 2. The molecule has 2 rings (SSSR count). The fourth-order valence-electron chi connectivity index (χ4n) is 2.21. The standard InChI is InChI=1S/C20H19F3N2O3/c1-13(2)24-19(27)17(25-18(26)15-6-4-3-5-7-15)12-14-8-10-16(11-9-14)28-20(21,22)23/h3-13H,1-2H3,(H,24,27)(H,25,26). The number of amides is 2. The van der Waals surface area contributed by atoms with Crippen molar-refractivity contribution >= 4 is 17.9 Å². The van der Waals surface area contributed by atoms with Crippen LogP contribution in [-0.2, 0) is 4.79 Å². The van der Waals surface area contributed by atoms with Crippen molar-refractivity contribution in [2.24, 2.45) is 0 Å². The van der Waals surface area contributed by atoms with Crippen LogP contribution >= 0.6 is 0 Å². The van der Waals surface area contributed by atoms with Crippen molar-refractivity contribution in [3.05, 3.63) is 71.4 Å². The summed E-state index contributed by atoms with van der Waals surface area (Å²) in [6.45, 7) is 3.52. The molecule has 0 aromatic heterocycles. The Morgan fingerprint density at radius 2 is 1.61 bits per heavy atom. The molecule has 0 radical (unpaired) electrons. The predicted molar refractivity (Wildman–Crippen MR) is 98.3 cm³/mol. The van der Waals surface area contributed by atoms with Crippen molar-refractivity contribution in [3.8, 4) is 5.75 Å². The molecule has 2 N–H and O–H groups in total. The Labute approximate surface area is 160 Å². The first-order valence-electron chi connectivity index (χ1n) is 8.39. The van der Waals surface area contributed by atoms with E-state index >= 15 is 0 Å². The molecule has 2 aromatic carbocycles. The molecule has 0 atom stereocenters. The Hall–Kier alpha value is -3.29. The summed E-state index contributed by atoms with van der Waals surface area (Å²) < 4.78 is 40.6. The van der Waals surface area contributed by atoms with Crippen LogP contribution < -0.4 is 15.4 Å². The molecule has 0 bridgehead atoms. The molecular weight excluding hydrogens is 373 g/mol. The number of alkyl halides is 3. The summed E-state index contributed by atoms with van der Waals surface area (Å²) in [6, 6.07) is 13.1. The van der Waals surface area contributed by atoms with Crippen LogP contribution in [0.2, 0.25) is 0 Å². The zero-order valence-electron chi connectivity index (χ0n) is 15.2. The van der Waals surface area contributed by atoms with E-state index in [4.69, 9.17) is 0 Å². The molecule has 0 fully saturated rings. The minimum absolute atomic E-state index is 0.0351. The van der Waals surface area contributed by atoms with E-state index in [1.165, 1.54) is 18.2 Å². The van der Waals surface area contributed by atoms with Gasteiger partial charge in [0, 0.05) is 11.6 Å². The highest BCUT2D eigenvalue weighted by atomic mass is 19.4. The number of benzene rings is 2. The summed E-state index contributed by atoms with van der Waals surface area (Å²) in [6.07, 6.45) is -3.42. The molecule has 2 amide bonds. The lowest BCUT2D eigenvalue weighted by molar-refractivity contribution is -0.274. The lowest BCUT2D eigenvalue weighted by Crippen LogP contribution is -2.38. The van der Waals surface area contributed by atoms with Gasteiger partial charge in [-0.1, -0.05) is 30.3 Å². The molecule has 8 heteroatoms. The predicted octanol–water partition coefficient (Wildman–Crippen LogP) is 3.88. The van der Waals surface area contributed by atoms with E-state index in [0.29, 0.717) is 11.1 Å². The molecule has 0 heterocycles. The van der Waals surface area contributed by atoms with Gasteiger partial charge in [0.05, 0.1) is 0 Å². The number of halogens is 3. The molecule has 5 nitrogen and oxygen atoms in total. The van der Waals surface area contributed by atoms with Crippen LogP contribution in [0.3, 0.4) is 0 Å².